The molecule has 2 aliphatic rings. The lowest BCUT2D eigenvalue weighted by Gasteiger charge is -2.45. The Bertz CT molecular complexity index is 529. The van der Waals surface area contributed by atoms with E-state index in [1.165, 1.54) is 6.42 Å². The first-order chi connectivity index (χ1) is 10.6. The summed E-state index contributed by atoms with van der Waals surface area (Å²) in [7, 11) is 0. The number of rotatable bonds is 3. The minimum Gasteiger partial charge on any atom is -0.491 e. The highest BCUT2D eigenvalue weighted by molar-refractivity contribution is 5.46. The van der Waals surface area contributed by atoms with Crippen LogP contribution in [0, 0.1) is 13.8 Å². The lowest BCUT2D eigenvalue weighted by Crippen LogP contribution is -2.53. The van der Waals surface area contributed by atoms with Crippen LogP contribution in [0.5, 0.6) is 5.75 Å². The van der Waals surface area contributed by atoms with Crippen LogP contribution in [0.15, 0.2) is 12.1 Å². The average Bonchev–Trinajstić information content (AvgIpc) is 2.48. The number of benzene rings is 1. The van der Waals surface area contributed by atoms with Gasteiger partial charge in [-0.1, -0.05) is 12.5 Å². The maximum atomic E-state index is 10.9. The van der Waals surface area contributed by atoms with E-state index in [2.05, 4.69) is 17.9 Å². The zero-order valence-electron chi connectivity index (χ0n) is 13.6. The molecule has 3 unspecified atom stereocenters. The van der Waals surface area contributed by atoms with Gasteiger partial charge >= 0.3 is 0 Å². The van der Waals surface area contributed by atoms with Gasteiger partial charge in [0.05, 0.1) is 6.04 Å². The molecule has 3 rings (SSSR count). The SMILES string of the molecule is Cc1cc(C)c2c(c1)OCC(N1CCCCC1CCO)C2O. The van der Waals surface area contributed by atoms with Crippen molar-refractivity contribution >= 4 is 0 Å². The van der Waals surface area contributed by atoms with Crippen molar-refractivity contribution in [3.05, 3.63) is 28.8 Å². The molecule has 4 heteroatoms. The zero-order chi connectivity index (χ0) is 15.7. The monoisotopic (exact) mass is 305 g/mol. The van der Waals surface area contributed by atoms with E-state index in [-0.39, 0.29) is 12.6 Å². The maximum absolute atomic E-state index is 10.9. The summed E-state index contributed by atoms with van der Waals surface area (Å²) in [5, 5.41) is 20.3. The number of fused-ring (bicyclic) bond motifs is 1. The van der Waals surface area contributed by atoms with Crippen molar-refractivity contribution in [3.8, 4) is 5.75 Å². The number of nitrogens with zero attached hydrogens (tertiary/aromatic N) is 1. The van der Waals surface area contributed by atoms with Crippen LogP contribution in [0.1, 0.15) is 48.5 Å². The van der Waals surface area contributed by atoms with Crippen LogP contribution < -0.4 is 4.74 Å². The molecule has 0 radical (unpaired) electrons. The minimum atomic E-state index is -0.511. The molecule has 2 aliphatic heterocycles. The number of likely N-dealkylation sites (tertiary alicyclic amines) is 1. The van der Waals surface area contributed by atoms with Crippen molar-refractivity contribution in [1.29, 1.82) is 0 Å². The number of hydrogen-bond donors (Lipinski definition) is 2. The van der Waals surface area contributed by atoms with Gasteiger partial charge in [-0.05, 0) is 56.8 Å². The fraction of sp³-hybridized carbons (Fsp3) is 0.667. The van der Waals surface area contributed by atoms with Gasteiger partial charge in [-0.2, -0.15) is 0 Å². The lowest BCUT2D eigenvalue weighted by atomic mass is 9.89. The van der Waals surface area contributed by atoms with Gasteiger partial charge in [0.25, 0.3) is 0 Å². The van der Waals surface area contributed by atoms with E-state index in [9.17, 15) is 10.2 Å². The third-order valence-electron chi connectivity index (χ3n) is 5.12. The molecule has 0 saturated carbocycles. The number of aliphatic hydroxyl groups excluding tert-OH is 2. The van der Waals surface area contributed by atoms with Crippen LogP contribution in [-0.2, 0) is 0 Å². The highest BCUT2D eigenvalue weighted by Crippen LogP contribution is 2.39. The third-order valence-corrected chi connectivity index (χ3v) is 5.12. The molecule has 0 aliphatic carbocycles. The van der Waals surface area contributed by atoms with Crippen molar-refractivity contribution < 1.29 is 14.9 Å². The normalized spacial score (nSPS) is 29.0. The molecule has 1 aromatic carbocycles. The van der Waals surface area contributed by atoms with Gasteiger partial charge in [-0.3, -0.25) is 4.90 Å². The maximum Gasteiger partial charge on any atom is 0.125 e. The Morgan fingerprint density at radius 1 is 1.27 bits per heavy atom. The van der Waals surface area contributed by atoms with E-state index in [1.807, 2.05) is 13.0 Å². The zero-order valence-corrected chi connectivity index (χ0v) is 13.6. The van der Waals surface area contributed by atoms with E-state index in [1.54, 1.807) is 0 Å². The standard InChI is InChI=1S/C18H27NO3/c1-12-9-13(2)17-16(10-12)22-11-15(18(17)21)19-7-4-3-5-14(19)6-8-20/h9-10,14-15,18,20-21H,3-8,11H2,1-2H3. The van der Waals surface area contributed by atoms with Gasteiger partial charge in [-0.15, -0.1) is 0 Å². The second-order valence-corrected chi connectivity index (χ2v) is 6.72. The molecule has 3 atom stereocenters. The summed E-state index contributed by atoms with van der Waals surface area (Å²) in [6.07, 6.45) is 3.74. The number of aryl methyl sites for hydroxylation is 2. The molecule has 1 saturated heterocycles. The largest absolute Gasteiger partial charge is 0.491 e. The van der Waals surface area contributed by atoms with Gasteiger partial charge in [-0.25, -0.2) is 0 Å². The summed E-state index contributed by atoms with van der Waals surface area (Å²) >= 11 is 0. The van der Waals surface area contributed by atoms with Crippen molar-refractivity contribution in [2.45, 2.75) is 57.7 Å². The Balaban J connectivity index is 1.86. The molecule has 2 N–H and O–H groups in total. The Hall–Kier alpha value is -1.10. The van der Waals surface area contributed by atoms with Gasteiger partial charge in [0, 0.05) is 18.2 Å². The smallest absolute Gasteiger partial charge is 0.125 e. The van der Waals surface area contributed by atoms with Gasteiger partial charge in [0.1, 0.15) is 18.5 Å². The average molecular weight is 305 g/mol. The van der Waals surface area contributed by atoms with Crippen LogP contribution in [0.3, 0.4) is 0 Å². The van der Waals surface area contributed by atoms with Crippen molar-refractivity contribution in [3.63, 3.8) is 0 Å². The molecular formula is C18H27NO3. The molecule has 0 amide bonds. The van der Waals surface area contributed by atoms with Crippen LogP contribution in [-0.4, -0.2) is 47.0 Å². The predicted octanol–water partition coefficient (Wildman–Crippen LogP) is 2.33. The summed E-state index contributed by atoms with van der Waals surface area (Å²) in [5.74, 6) is 0.831. The first kappa shape index (κ1) is 15.8. The van der Waals surface area contributed by atoms with E-state index in [4.69, 9.17) is 4.74 Å². The molecule has 22 heavy (non-hydrogen) atoms. The fourth-order valence-corrected chi connectivity index (χ4v) is 4.09. The van der Waals surface area contributed by atoms with Gasteiger partial charge < -0.3 is 14.9 Å². The first-order valence-electron chi connectivity index (χ1n) is 8.40. The summed E-state index contributed by atoms with van der Waals surface area (Å²) in [5.41, 5.74) is 3.20. The molecule has 1 fully saturated rings. The van der Waals surface area contributed by atoms with Crippen molar-refractivity contribution in [2.24, 2.45) is 0 Å². The van der Waals surface area contributed by atoms with Crippen LogP contribution in [0.2, 0.25) is 0 Å². The fourth-order valence-electron chi connectivity index (χ4n) is 4.09. The molecule has 0 aromatic heterocycles. The topological polar surface area (TPSA) is 52.9 Å². The summed E-state index contributed by atoms with van der Waals surface area (Å²) in [6.45, 7) is 5.81. The summed E-state index contributed by atoms with van der Waals surface area (Å²) in [6, 6.07) is 4.47. The predicted molar refractivity (Wildman–Crippen MR) is 86.2 cm³/mol. The van der Waals surface area contributed by atoms with E-state index >= 15 is 0 Å². The number of ether oxygens (including phenoxy) is 1. The van der Waals surface area contributed by atoms with E-state index in [0.29, 0.717) is 12.6 Å². The second-order valence-electron chi connectivity index (χ2n) is 6.72. The van der Waals surface area contributed by atoms with E-state index in [0.717, 1.165) is 48.2 Å². The van der Waals surface area contributed by atoms with Gasteiger partial charge in [0.15, 0.2) is 0 Å². The Kier molecular flexibility index (Phi) is 4.71. The minimum absolute atomic E-state index is 0.00856. The van der Waals surface area contributed by atoms with Crippen molar-refractivity contribution in [1.82, 2.24) is 4.90 Å². The van der Waals surface area contributed by atoms with Crippen molar-refractivity contribution in [2.75, 3.05) is 19.8 Å². The Labute approximate surface area is 132 Å². The Morgan fingerprint density at radius 3 is 2.86 bits per heavy atom. The summed E-state index contributed by atoms with van der Waals surface area (Å²) in [4.78, 5) is 2.37. The molecule has 0 spiro atoms. The lowest BCUT2D eigenvalue weighted by molar-refractivity contribution is -0.0335. The van der Waals surface area contributed by atoms with Crippen LogP contribution in [0.25, 0.3) is 0 Å². The molecule has 0 bridgehead atoms. The highest BCUT2D eigenvalue weighted by atomic mass is 16.5. The quantitative estimate of drug-likeness (QED) is 0.900. The Morgan fingerprint density at radius 2 is 2.09 bits per heavy atom. The second kappa shape index (κ2) is 6.57. The molecule has 1 aromatic rings. The summed E-state index contributed by atoms with van der Waals surface area (Å²) < 4.78 is 5.98. The highest BCUT2D eigenvalue weighted by Gasteiger charge is 2.38. The molecule has 2 heterocycles. The number of piperidine rings is 1. The number of hydrogen-bond acceptors (Lipinski definition) is 4. The first-order valence-corrected chi connectivity index (χ1v) is 8.40. The van der Waals surface area contributed by atoms with Crippen LogP contribution in [0.4, 0.5) is 0 Å². The van der Waals surface area contributed by atoms with Gasteiger partial charge in [0.2, 0.25) is 0 Å². The molecular weight excluding hydrogens is 278 g/mol. The molecule has 4 nitrogen and oxygen atoms in total. The van der Waals surface area contributed by atoms with E-state index < -0.39 is 6.10 Å². The van der Waals surface area contributed by atoms with Crippen LogP contribution >= 0.6 is 0 Å². The number of aliphatic hydroxyl groups is 2. The molecule has 122 valence electrons. The third kappa shape index (κ3) is 2.87.